The zero-order valence-electron chi connectivity index (χ0n) is 1.97. The van der Waals surface area contributed by atoms with Crippen LogP contribution in [-0.2, 0) is 28.0 Å². The number of hydrogen-bond donors (Lipinski definition) is 0. The van der Waals surface area contributed by atoms with Gasteiger partial charge in [0, 0.05) is 0 Å². The van der Waals surface area contributed by atoms with Crippen LogP contribution in [0.3, 0.4) is 0 Å². The molecule has 0 spiro atoms. The third kappa shape index (κ3) is 37.5. The third-order valence-electron chi connectivity index (χ3n) is 0. The Labute approximate surface area is 53.1 Å². The summed E-state index contributed by atoms with van der Waals surface area (Å²) in [4.78, 5) is 0. The van der Waals surface area contributed by atoms with Gasteiger partial charge in [-0.15, -0.1) is 0 Å². The van der Waals surface area contributed by atoms with E-state index in [9.17, 15) is 0 Å². The van der Waals surface area contributed by atoms with Gasteiger partial charge in [-0.25, -0.2) is 0 Å². The number of hydrogen-bond acceptors (Lipinski definition) is 3. The molecule has 0 atom stereocenters. The van der Waals surface area contributed by atoms with Gasteiger partial charge in [0.05, 0.1) is 0 Å². The van der Waals surface area contributed by atoms with Gasteiger partial charge in [-0.05, 0) is 0 Å². The molecule has 0 aromatic heterocycles. The molecule has 5 heavy (non-hydrogen) atoms. The van der Waals surface area contributed by atoms with Crippen molar-refractivity contribution in [3.63, 3.8) is 0 Å². The second-order valence-electron chi connectivity index (χ2n) is 0.224. The second kappa shape index (κ2) is 5.18. The molecular formula is AgBiO3. The fraction of sp³-hybridized carbons (Fsp3) is 0. The molecule has 0 saturated carbocycles. The first-order valence-corrected chi connectivity index (χ1v) is 4.81. The Morgan fingerprint density at radius 3 is 1.40 bits per heavy atom. The topological polar surface area (TPSA) is 57.2 Å². The van der Waals surface area contributed by atoms with Gasteiger partial charge in [-0.2, -0.15) is 0 Å². The zero-order valence-corrected chi connectivity index (χ0v) is 6.93. The predicted molar refractivity (Wildman–Crippen MR) is 7.13 cm³/mol. The van der Waals surface area contributed by atoms with Gasteiger partial charge in [0.2, 0.25) is 0 Å². The first-order valence-electron chi connectivity index (χ1n) is 0.548. The summed E-state index contributed by atoms with van der Waals surface area (Å²) < 4.78 is 25.9. The molecule has 0 heterocycles. The van der Waals surface area contributed by atoms with Crippen molar-refractivity contribution < 1.29 is 31.2 Å². The van der Waals surface area contributed by atoms with Gasteiger partial charge in [0.15, 0.2) is 0 Å². The molecule has 0 saturated heterocycles. The fourth-order valence-corrected chi connectivity index (χ4v) is 0. The van der Waals surface area contributed by atoms with Crippen molar-refractivity contribution in [3.05, 3.63) is 0 Å². The van der Waals surface area contributed by atoms with Gasteiger partial charge in [-0.3, -0.25) is 0 Å². The van der Waals surface area contributed by atoms with Gasteiger partial charge in [-0.1, -0.05) is 0 Å². The van der Waals surface area contributed by atoms with E-state index < -0.39 is 22.2 Å². The summed E-state index contributed by atoms with van der Waals surface area (Å²) in [6, 6.07) is 0. The summed E-state index contributed by atoms with van der Waals surface area (Å²) in [5, 5.41) is 0. The van der Waals surface area contributed by atoms with E-state index in [4.69, 9.17) is 8.81 Å². The van der Waals surface area contributed by atoms with Crippen LogP contribution in [0.25, 0.3) is 0 Å². The third-order valence-corrected chi connectivity index (χ3v) is 0. The van der Waals surface area contributed by atoms with Crippen LogP contribution in [0.5, 0.6) is 0 Å². The maximum atomic E-state index is 8.62. The van der Waals surface area contributed by atoms with Gasteiger partial charge < -0.3 is 0 Å². The molecule has 34 valence electrons. The molecule has 0 aliphatic rings. The Bertz CT molecular complexity index is 55.3. The molecule has 0 aliphatic carbocycles. The van der Waals surface area contributed by atoms with Crippen LogP contribution in [0, 0.1) is 0 Å². The van der Waals surface area contributed by atoms with Crippen molar-refractivity contribution in [1.29, 1.82) is 0 Å². The maximum absolute atomic E-state index is 8.62. The van der Waals surface area contributed by atoms with Gasteiger partial charge in [0.1, 0.15) is 0 Å². The quantitative estimate of drug-likeness (QED) is 0.476. The molecule has 0 aromatic carbocycles. The predicted octanol–water partition coefficient (Wildman–Crippen LogP) is -1.81. The van der Waals surface area contributed by atoms with E-state index in [2.05, 4.69) is 0 Å². The molecule has 0 amide bonds. The van der Waals surface area contributed by atoms with E-state index >= 15 is 0 Å². The van der Waals surface area contributed by atoms with Crippen molar-refractivity contribution in [2.75, 3.05) is 0 Å². The van der Waals surface area contributed by atoms with Gasteiger partial charge in [0.25, 0.3) is 0 Å². The van der Waals surface area contributed by atoms with E-state index in [1.54, 1.807) is 0 Å². The summed E-state index contributed by atoms with van der Waals surface area (Å²) in [5.74, 6) is 0. The molecule has 0 unspecified atom stereocenters. The Kier molecular flexibility index (Phi) is 9.84. The van der Waals surface area contributed by atoms with Crippen molar-refractivity contribution in [3.8, 4) is 0 Å². The first-order chi connectivity index (χ1) is 1.73. The first kappa shape index (κ1) is 9.49. The molecule has 0 aromatic rings. The molecule has 0 fully saturated rings. The van der Waals surface area contributed by atoms with Gasteiger partial charge >= 0.3 is 53.4 Å². The summed E-state index contributed by atoms with van der Waals surface area (Å²) in [6.07, 6.45) is 0. The van der Waals surface area contributed by atoms with Crippen LogP contribution in [-0.4, -0.2) is 22.2 Å². The molecule has 0 aliphatic heterocycles. The Morgan fingerprint density at radius 2 is 1.40 bits per heavy atom. The molecule has 3 nitrogen and oxygen atoms in total. The summed E-state index contributed by atoms with van der Waals surface area (Å²) in [6.45, 7) is 0. The second-order valence-corrected chi connectivity index (χ2v) is 1.96. The Hall–Kier alpha value is 1.18. The van der Waals surface area contributed by atoms with Crippen LogP contribution in [0.1, 0.15) is 0 Å². The summed E-state index contributed by atoms with van der Waals surface area (Å²) >= 11 is -4.34. The normalized spacial score (nSPS) is 5.00. The van der Waals surface area contributed by atoms with E-state index in [1.165, 1.54) is 0 Å². The standard InChI is InChI=1S/Ag.Bi.3O/q+1;;;;-1. The SMILES string of the molecule is [Ag+].[O]=[Bi](=[O])[O-]. The summed E-state index contributed by atoms with van der Waals surface area (Å²) in [7, 11) is 0. The minimum absolute atomic E-state index is 0. The fourth-order valence-electron chi connectivity index (χ4n) is 0. The summed E-state index contributed by atoms with van der Waals surface area (Å²) in [5.41, 5.74) is 0. The van der Waals surface area contributed by atoms with E-state index in [0.717, 1.165) is 0 Å². The van der Waals surface area contributed by atoms with Crippen LogP contribution in [0.15, 0.2) is 0 Å². The Morgan fingerprint density at radius 1 is 1.40 bits per heavy atom. The Balaban J connectivity index is 0. The average molecular weight is 365 g/mol. The number of rotatable bonds is 0. The van der Waals surface area contributed by atoms with Crippen molar-refractivity contribution in [1.82, 2.24) is 0 Å². The van der Waals surface area contributed by atoms with Crippen molar-refractivity contribution in [2.24, 2.45) is 0 Å². The van der Waals surface area contributed by atoms with Crippen molar-refractivity contribution in [2.45, 2.75) is 0 Å². The van der Waals surface area contributed by atoms with Crippen LogP contribution in [0.4, 0.5) is 0 Å². The molecule has 0 radical (unpaired) electrons. The molecule has 0 N–H and O–H groups in total. The molecule has 0 rings (SSSR count). The zero-order chi connectivity index (χ0) is 3.58. The van der Waals surface area contributed by atoms with E-state index in [-0.39, 0.29) is 22.4 Å². The van der Waals surface area contributed by atoms with Crippen LogP contribution < -0.4 is 3.18 Å². The monoisotopic (exact) mass is 364 g/mol. The van der Waals surface area contributed by atoms with Crippen molar-refractivity contribution >= 4 is 22.2 Å². The molecule has 0 bridgehead atoms. The molecule has 5 heteroatoms. The van der Waals surface area contributed by atoms with E-state index in [0.29, 0.717) is 0 Å². The van der Waals surface area contributed by atoms with Crippen LogP contribution >= 0.6 is 0 Å². The molecular weight excluding hydrogens is 365 g/mol. The minimum atomic E-state index is -4.34. The average Bonchev–Trinajstić information content (AvgIpc) is 0.811. The van der Waals surface area contributed by atoms with E-state index in [1.807, 2.05) is 0 Å². The van der Waals surface area contributed by atoms with Crippen LogP contribution in [0.2, 0.25) is 0 Å².